The van der Waals surface area contributed by atoms with Crippen molar-refractivity contribution in [2.75, 3.05) is 11.9 Å². The second-order valence-electron chi connectivity index (χ2n) is 6.14. The average Bonchev–Trinajstić information content (AvgIpc) is 2.61. The van der Waals surface area contributed by atoms with Crippen LogP contribution >= 0.6 is 27.5 Å². The summed E-state index contributed by atoms with van der Waals surface area (Å²) in [6, 6.07) is 5.85. The van der Waals surface area contributed by atoms with Gasteiger partial charge in [0, 0.05) is 12.1 Å². The number of halogens is 2. The van der Waals surface area contributed by atoms with Gasteiger partial charge in [0.15, 0.2) is 5.78 Å². The molecule has 1 aromatic rings. The molecule has 0 radical (unpaired) electrons. The molecule has 0 amide bonds. The lowest BCUT2D eigenvalue weighted by molar-refractivity contribution is -0.112. The third-order valence-electron chi connectivity index (χ3n) is 3.63. The average molecular weight is 441 g/mol. The molecule has 0 aliphatic heterocycles. The first-order valence-corrected chi connectivity index (χ1v) is 10.1. The molecule has 0 saturated carbocycles. The number of hydrogen-bond donors (Lipinski definition) is 1. The number of nitrogens with one attached hydrogen (secondary N) is 1. The first kappa shape index (κ1) is 22.7. The lowest BCUT2D eigenvalue weighted by atomic mass is 10.1. The molecule has 142 valence electrons. The van der Waals surface area contributed by atoms with Gasteiger partial charge in [0.2, 0.25) is 0 Å². The Morgan fingerprint density at radius 3 is 2.69 bits per heavy atom. The van der Waals surface area contributed by atoms with Crippen LogP contribution in [0.2, 0.25) is 5.02 Å². The highest BCUT2D eigenvalue weighted by molar-refractivity contribution is 9.09. The minimum absolute atomic E-state index is 0.00315. The van der Waals surface area contributed by atoms with E-state index in [1.54, 1.807) is 6.08 Å². The number of alkyl halides is 1. The van der Waals surface area contributed by atoms with Crippen molar-refractivity contribution >= 4 is 33.3 Å². The summed E-state index contributed by atoms with van der Waals surface area (Å²) in [5.41, 5.74) is 2.77. The molecule has 1 rings (SSSR count). The molecule has 0 spiro atoms. The first-order chi connectivity index (χ1) is 12.4. The van der Waals surface area contributed by atoms with E-state index in [-0.39, 0.29) is 11.9 Å². The van der Waals surface area contributed by atoms with E-state index in [0.29, 0.717) is 21.7 Å². The minimum atomic E-state index is -0.00315. The Morgan fingerprint density at radius 2 is 2.12 bits per heavy atom. The normalized spacial score (nSPS) is 12.0. The second-order valence-corrected chi connectivity index (χ2v) is 7.11. The molecule has 1 aromatic carbocycles. The van der Waals surface area contributed by atoms with Crippen LogP contribution in [0.15, 0.2) is 54.2 Å². The fourth-order valence-corrected chi connectivity index (χ4v) is 2.79. The number of benzene rings is 1. The zero-order chi connectivity index (χ0) is 19.5. The third-order valence-corrected chi connectivity index (χ3v) is 4.43. The van der Waals surface area contributed by atoms with E-state index in [1.165, 1.54) is 0 Å². The van der Waals surface area contributed by atoms with Crippen LogP contribution in [0, 0.1) is 0 Å². The molecular weight excluding hydrogens is 414 g/mol. The van der Waals surface area contributed by atoms with Crippen LogP contribution in [0.1, 0.15) is 32.8 Å². The Kier molecular flexibility index (Phi) is 10.6. The molecule has 0 aliphatic carbocycles. The maximum atomic E-state index is 11.5. The number of ether oxygens (including phenoxy) is 1. The lowest BCUT2D eigenvalue weighted by Gasteiger charge is -2.12. The largest absolute Gasteiger partial charge is 0.489 e. The van der Waals surface area contributed by atoms with Crippen LogP contribution in [0.5, 0.6) is 5.75 Å². The molecule has 0 heterocycles. The predicted octanol–water partition coefficient (Wildman–Crippen LogP) is 5.63. The molecular formula is C21H27BrClNO2. The molecule has 5 heteroatoms. The number of rotatable bonds is 11. The van der Waals surface area contributed by atoms with Gasteiger partial charge in [0.05, 0.1) is 16.5 Å². The van der Waals surface area contributed by atoms with Crippen molar-refractivity contribution in [3.8, 4) is 5.75 Å². The second kappa shape index (κ2) is 12.1. The van der Waals surface area contributed by atoms with Crippen LogP contribution in [-0.2, 0) is 11.3 Å². The summed E-state index contributed by atoms with van der Waals surface area (Å²) in [5.74, 6) is 0.710. The number of carbonyl (C=O) groups is 1. The van der Waals surface area contributed by atoms with Crippen LogP contribution < -0.4 is 10.1 Å². The van der Waals surface area contributed by atoms with Crippen LogP contribution in [0.25, 0.3) is 0 Å². The molecule has 0 fully saturated rings. The van der Waals surface area contributed by atoms with Crippen molar-refractivity contribution in [2.24, 2.45) is 0 Å². The molecule has 3 nitrogen and oxygen atoms in total. The van der Waals surface area contributed by atoms with Crippen molar-refractivity contribution in [2.45, 2.75) is 39.8 Å². The van der Waals surface area contributed by atoms with Crippen molar-refractivity contribution in [3.63, 3.8) is 0 Å². The van der Waals surface area contributed by atoms with E-state index in [2.05, 4.69) is 27.8 Å². The van der Waals surface area contributed by atoms with Gasteiger partial charge < -0.3 is 10.1 Å². The molecule has 26 heavy (non-hydrogen) atoms. The zero-order valence-electron chi connectivity index (χ0n) is 15.6. The standard InChI is InChI=1S/C21H27BrClNO2/c1-5-17(7-6-16(4)20(25)13-22)10-11-24-14-18-8-9-21(19(23)12-18)26-15(2)3/h5-9,12,15,24H,4,10-11,13-14H2,1-3H3/b7-6-,17-5+. The molecule has 0 aromatic heterocycles. The van der Waals surface area contributed by atoms with Gasteiger partial charge in [0.25, 0.3) is 0 Å². The maximum absolute atomic E-state index is 11.5. The summed E-state index contributed by atoms with van der Waals surface area (Å²) < 4.78 is 5.64. The number of ketones is 1. The summed E-state index contributed by atoms with van der Waals surface area (Å²) in [5, 5.41) is 4.33. The number of carbonyl (C=O) groups excluding carboxylic acids is 1. The van der Waals surface area contributed by atoms with Gasteiger partial charge in [-0.25, -0.2) is 0 Å². The Bertz CT molecular complexity index is 681. The van der Waals surface area contributed by atoms with E-state index in [0.717, 1.165) is 30.6 Å². The van der Waals surface area contributed by atoms with Gasteiger partial charge >= 0.3 is 0 Å². The summed E-state index contributed by atoms with van der Waals surface area (Å²) >= 11 is 9.41. The topological polar surface area (TPSA) is 38.3 Å². The highest BCUT2D eigenvalue weighted by Crippen LogP contribution is 2.26. The monoisotopic (exact) mass is 439 g/mol. The van der Waals surface area contributed by atoms with Crippen molar-refractivity contribution in [1.82, 2.24) is 5.32 Å². The highest BCUT2D eigenvalue weighted by Gasteiger charge is 2.05. The fraction of sp³-hybridized carbons (Fsp3) is 0.381. The van der Waals surface area contributed by atoms with E-state index >= 15 is 0 Å². The SMILES string of the molecule is C=C(/C=C\C(=C/C)CCNCc1ccc(OC(C)C)c(Cl)c1)C(=O)CBr. The smallest absolute Gasteiger partial charge is 0.172 e. The molecule has 1 N–H and O–H groups in total. The summed E-state index contributed by atoms with van der Waals surface area (Å²) in [4.78, 5) is 11.5. The summed E-state index contributed by atoms with van der Waals surface area (Å²) in [6.07, 6.45) is 6.72. The number of allylic oxidation sites excluding steroid dienone is 4. The summed E-state index contributed by atoms with van der Waals surface area (Å²) in [6.45, 7) is 11.3. The predicted molar refractivity (Wildman–Crippen MR) is 114 cm³/mol. The highest BCUT2D eigenvalue weighted by atomic mass is 79.9. The van der Waals surface area contributed by atoms with Gasteiger partial charge in [-0.3, -0.25) is 4.79 Å². The molecule has 0 aliphatic rings. The van der Waals surface area contributed by atoms with Crippen LogP contribution in [0.3, 0.4) is 0 Å². The molecule has 0 atom stereocenters. The number of hydrogen-bond acceptors (Lipinski definition) is 3. The van der Waals surface area contributed by atoms with Crippen LogP contribution in [0.4, 0.5) is 0 Å². The Balaban J connectivity index is 2.45. The van der Waals surface area contributed by atoms with Gasteiger partial charge in [-0.2, -0.15) is 0 Å². The van der Waals surface area contributed by atoms with Gasteiger partial charge in [-0.15, -0.1) is 0 Å². The Morgan fingerprint density at radius 1 is 1.38 bits per heavy atom. The first-order valence-electron chi connectivity index (χ1n) is 8.64. The van der Waals surface area contributed by atoms with Crippen LogP contribution in [-0.4, -0.2) is 23.8 Å². The zero-order valence-corrected chi connectivity index (χ0v) is 18.0. The van der Waals surface area contributed by atoms with Gasteiger partial charge in [0.1, 0.15) is 5.75 Å². The van der Waals surface area contributed by atoms with E-state index < -0.39 is 0 Å². The van der Waals surface area contributed by atoms with Crippen molar-refractivity contribution in [3.05, 3.63) is 64.7 Å². The van der Waals surface area contributed by atoms with Gasteiger partial charge in [-0.05, 0) is 51.4 Å². The minimum Gasteiger partial charge on any atom is -0.489 e. The van der Waals surface area contributed by atoms with E-state index in [1.807, 2.05) is 51.1 Å². The molecule has 0 saturated heterocycles. The Hall–Kier alpha value is -1.36. The molecule has 0 unspecified atom stereocenters. The van der Waals surface area contributed by atoms with E-state index in [9.17, 15) is 4.79 Å². The fourth-order valence-electron chi connectivity index (χ4n) is 2.18. The lowest BCUT2D eigenvalue weighted by Crippen LogP contribution is -2.15. The Labute approximate surface area is 170 Å². The quantitative estimate of drug-likeness (QED) is 0.210. The van der Waals surface area contributed by atoms with Crippen molar-refractivity contribution in [1.29, 1.82) is 0 Å². The summed E-state index contributed by atoms with van der Waals surface area (Å²) in [7, 11) is 0. The molecule has 0 bridgehead atoms. The van der Waals surface area contributed by atoms with Gasteiger partial charge in [-0.1, -0.05) is 64.0 Å². The maximum Gasteiger partial charge on any atom is 0.172 e. The number of Topliss-reactive ketones (excluding diaryl/α,β-unsaturated/α-hetero) is 1. The van der Waals surface area contributed by atoms with E-state index in [4.69, 9.17) is 16.3 Å². The third kappa shape index (κ3) is 8.35. The van der Waals surface area contributed by atoms with Crippen molar-refractivity contribution < 1.29 is 9.53 Å².